The molecule has 0 atom stereocenters. The molecule has 24 heavy (non-hydrogen) atoms. The van der Waals surface area contributed by atoms with Crippen LogP contribution in [0.3, 0.4) is 0 Å². The zero-order valence-corrected chi connectivity index (χ0v) is 13.4. The Morgan fingerprint density at radius 3 is 2.46 bits per heavy atom. The van der Waals surface area contributed by atoms with Crippen molar-refractivity contribution in [2.75, 3.05) is 7.05 Å². The van der Waals surface area contributed by atoms with Crippen LogP contribution in [0.25, 0.3) is 16.8 Å². The summed E-state index contributed by atoms with van der Waals surface area (Å²) in [7, 11) is 1.77. The Kier molecular flexibility index (Phi) is 4.71. The predicted octanol–water partition coefficient (Wildman–Crippen LogP) is 4.65. The summed E-state index contributed by atoms with van der Waals surface area (Å²) in [6, 6.07) is 20.4. The molecule has 0 bridgehead atoms. The molecule has 0 spiro atoms. The monoisotopic (exact) mass is 319 g/mol. The van der Waals surface area contributed by atoms with Gasteiger partial charge in [-0.15, -0.1) is 0 Å². The molecule has 0 unspecified atom stereocenters. The fourth-order valence-electron chi connectivity index (χ4n) is 2.56. The molecule has 120 valence electrons. The fraction of sp³-hybridized carbons (Fsp3) is 0.0952. The lowest BCUT2D eigenvalue weighted by molar-refractivity contribution is -0.125. The summed E-state index contributed by atoms with van der Waals surface area (Å²) in [5, 5.41) is 2.35. The lowest BCUT2D eigenvalue weighted by atomic mass is 10.1. The van der Waals surface area contributed by atoms with Crippen molar-refractivity contribution in [1.82, 2.24) is 4.90 Å². The third-order valence-electron chi connectivity index (χ3n) is 3.90. The van der Waals surface area contributed by atoms with Crippen LogP contribution in [0.4, 0.5) is 4.39 Å². The fourth-order valence-corrected chi connectivity index (χ4v) is 2.56. The van der Waals surface area contributed by atoms with Crippen LogP contribution in [0.15, 0.2) is 72.8 Å². The number of fused-ring (bicyclic) bond motifs is 1. The highest BCUT2D eigenvalue weighted by Crippen LogP contribution is 2.16. The minimum absolute atomic E-state index is 0.0903. The van der Waals surface area contributed by atoms with Crippen LogP contribution < -0.4 is 0 Å². The highest BCUT2D eigenvalue weighted by Gasteiger charge is 2.06. The molecule has 0 heterocycles. The number of carbonyl (C=O) groups excluding carboxylic acids is 1. The molecular weight excluding hydrogens is 301 g/mol. The Morgan fingerprint density at radius 1 is 1.00 bits per heavy atom. The molecule has 0 saturated heterocycles. The minimum atomic E-state index is -0.285. The number of amides is 1. The van der Waals surface area contributed by atoms with Gasteiger partial charge in [0.2, 0.25) is 5.91 Å². The Bertz CT molecular complexity index is 884. The van der Waals surface area contributed by atoms with Crippen LogP contribution in [-0.4, -0.2) is 17.9 Å². The Labute approximate surface area is 140 Å². The average Bonchev–Trinajstić information content (AvgIpc) is 2.61. The number of benzene rings is 3. The van der Waals surface area contributed by atoms with Gasteiger partial charge in [-0.1, -0.05) is 48.5 Å². The van der Waals surface area contributed by atoms with E-state index < -0.39 is 0 Å². The molecule has 0 aromatic heterocycles. The summed E-state index contributed by atoms with van der Waals surface area (Å²) in [6.07, 6.45) is 3.20. The number of hydrogen-bond donors (Lipinski definition) is 0. The highest BCUT2D eigenvalue weighted by atomic mass is 19.1. The maximum atomic E-state index is 12.9. The second-order valence-corrected chi connectivity index (χ2v) is 5.76. The smallest absolute Gasteiger partial charge is 0.246 e. The molecule has 0 radical (unpaired) electrons. The van der Waals surface area contributed by atoms with Gasteiger partial charge in [0, 0.05) is 19.7 Å². The number of likely N-dealkylation sites (N-methyl/N-ethyl adjacent to an activating group) is 1. The molecule has 0 N–H and O–H groups in total. The molecule has 0 aliphatic rings. The van der Waals surface area contributed by atoms with E-state index in [1.54, 1.807) is 30.2 Å². The largest absolute Gasteiger partial charge is 0.338 e. The van der Waals surface area contributed by atoms with Crippen molar-refractivity contribution in [3.8, 4) is 0 Å². The normalized spacial score (nSPS) is 11.1. The zero-order valence-electron chi connectivity index (χ0n) is 13.4. The maximum Gasteiger partial charge on any atom is 0.246 e. The molecule has 0 aliphatic carbocycles. The summed E-state index contributed by atoms with van der Waals surface area (Å²) in [4.78, 5) is 13.9. The van der Waals surface area contributed by atoms with E-state index >= 15 is 0 Å². The first-order chi connectivity index (χ1) is 11.6. The third kappa shape index (κ3) is 3.87. The molecule has 2 nitrogen and oxygen atoms in total. The van der Waals surface area contributed by atoms with E-state index in [1.807, 2.05) is 18.2 Å². The summed E-state index contributed by atoms with van der Waals surface area (Å²) in [5.74, 6) is -0.376. The first-order valence-electron chi connectivity index (χ1n) is 7.78. The topological polar surface area (TPSA) is 20.3 Å². The van der Waals surface area contributed by atoms with E-state index in [0.29, 0.717) is 6.54 Å². The van der Waals surface area contributed by atoms with E-state index in [1.165, 1.54) is 23.6 Å². The van der Waals surface area contributed by atoms with Gasteiger partial charge in [0.05, 0.1) is 0 Å². The van der Waals surface area contributed by atoms with E-state index in [0.717, 1.165) is 16.5 Å². The molecule has 0 fully saturated rings. The SMILES string of the molecule is CN(Cc1ccc2ccccc2c1)C(=O)/C=C/c1ccc(F)cc1. The number of rotatable bonds is 4. The average molecular weight is 319 g/mol. The number of nitrogens with zero attached hydrogens (tertiary/aromatic N) is 1. The van der Waals surface area contributed by atoms with Gasteiger partial charge < -0.3 is 4.90 Å². The maximum absolute atomic E-state index is 12.9. The van der Waals surface area contributed by atoms with Gasteiger partial charge in [0.25, 0.3) is 0 Å². The van der Waals surface area contributed by atoms with Crippen LogP contribution in [0.2, 0.25) is 0 Å². The molecule has 1 amide bonds. The first kappa shape index (κ1) is 15.9. The van der Waals surface area contributed by atoms with Gasteiger partial charge in [-0.3, -0.25) is 4.79 Å². The molecule has 3 rings (SSSR count). The molecule has 3 aromatic rings. The molecule has 3 heteroatoms. The van der Waals surface area contributed by atoms with Gasteiger partial charge in [0.1, 0.15) is 5.82 Å². The van der Waals surface area contributed by atoms with Crippen molar-refractivity contribution in [2.24, 2.45) is 0 Å². The van der Waals surface area contributed by atoms with E-state index in [-0.39, 0.29) is 11.7 Å². The lowest BCUT2D eigenvalue weighted by Crippen LogP contribution is -2.24. The van der Waals surface area contributed by atoms with Crippen LogP contribution in [0.1, 0.15) is 11.1 Å². The van der Waals surface area contributed by atoms with Crippen molar-refractivity contribution < 1.29 is 9.18 Å². The van der Waals surface area contributed by atoms with E-state index in [4.69, 9.17) is 0 Å². The molecular formula is C21H18FNO. The first-order valence-corrected chi connectivity index (χ1v) is 7.78. The lowest BCUT2D eigenvalue weighted by Gasteiger charge is -2.15. The Hall–Kier alpha value is -2.94. The minimum Gasteiger partial charge on any atom is -0.338 e. The molecule has 0 saturated carbocycles. The molecule has 3 aromatic carbocycles. The quantitative estimate of drug-likeness (QED) is 0.641. The zero-order chi connectivity index (χ0) is 16.9. The second-order valence-electron chi connectivity index (χ2n) is 5.76. The van der Waals surface area contributed by atoms with Gasteiger partial charge in [0.15, 0.2) is 0 Å². The summed E-state index contributed by atoms with van der Waals surface area (Å²) in [5.41, 5.74) is 1.88. The van der Waals surface area contributed by atoms with Crippen LogP contribution in [0.5, 0.6) is 0 Å². The Morgan fingerprint density at radius 2 is 1.71 bits per heavy atom. The molecule has 0 aliphatic heterocycles. The van der Waals surface area contributed by atoms with E-state index in [9.17, 15) is 9.18 Å². The predicted molar refractivity (Wildman–Crippen MR) is 95.9 cm³/mol. The number of hydrogen-bond acceptors (Lipinski definition) is 1. The summed E-state index contributed by atoms with van der Waals surface area (Å²) >= 11 is 0. The van der Waals surface area contributed by atoms with Crippen LogP contribution in [0, 0.1) is 5.82 Å². The summed E-state index contributed by atoms with van der Waals surface area (Å²) < 4.78 is 12.9. The van der Waals surface area contributed by atoms with Crippen molar-refractivity contribution >= 4 is 22.8 Å². The third-order valence-corrected chi connectivity index (χ3v) is 3.90. The van der Waals surface area contributed by atoms with Crippen molar-refractivity contribution in [2.45, 2.75) is 6.54 Å². The van der Waals surface area contributed by atoms with Crippen molar-refractivity contribution in [3.63, 3.8) is 0 Å². The highest BCUT2D eigenvalue weighted by molar-refractivity contribution is 5.91. The van der Waals surface area contributed by atoms with Crippen LogP contribution >= 0.6 is 0 Å². The van der Waals surface area contributed by atoms with Gasteiger partial charge in [-0.25, -0.2) is 4.39 Å². The number of halogens is 1. The van der Waals surface area contributed by atoms with Crippen LogP contribution in [-0.2, 0) is 11.3 Å². The summed E-state index contributed by atoms with van der Waals surface area (Å²) in [6.45, 7) is 0.539. The van der Waals surface area contributed by atoms with Gasteiger partial charge in [-0.2, -0.15) is 0 Å². The standard InChI is InChI=1S/C21H18FNO/c1-23(21(24)13-9-16-7-11-20(22)12-8-16)15-17-6-10-18-4-2-3-5-19(18)14-17/h2-14H,15H2,1H3/b13-9+. The van der Waals surface area contributed by atoms with Crippen molar-refractivity contribution in [1.29, 1.82) is 0 Å². The van der Waals surface area contributed by atoms with Gasteiger partial charge >= 0.3 is 0 Å². The van der Waals surface area contributed by atoms with Gasteiger partial charge in [-0.05, 0) is 46.2 Å². The van der Waals surface area contributed by atoms with E-state index in [2.05, 4.69) is 24.3 Å². The second kappa shape index (κ2) is 7.09. The number of carbonyl (C=O) groups is 1. The Balaban J connectivity index is 1.67. The van der Waals surface area contributed by atoms with Crippen molar-refractivity contribution in [3.05, 3.63) is 89.8 Å².